The van der Waals surface area contributed by atoms with Crippen LogP contribution in [0.15, 0.2) is 0 Å². The van der Waals surface area contributed by atoms with Crippen LogP contribution in [-0.4, -0.2) is 24.2 Å². The number of carbonyl (C=O) groups is 1. The lowest BCUT2D eigenvalue weighted by molar-refractivity contribution is -0.121. The minimum Gasteiger partial charge on any atom is -0.396 e. The van der Waals surface area contributed by atoms with E-state index in [-0.39, 0.29) is 18.9 Å². The average Bonchev–Trinajstić information content (AvgIpc) is 2.53. The van der Waals surface area contributed by atoms with Gasteiger partial charge in [0.2, 0.25) is 5.91 Å². The quantitative estimate of drug-likeness (QED) is 0.653. The van der Waals surface area contributed by atoms with E-state index in [2.05, 4.69) is 5.32 Å². The molecule has 0 aromatic heterocycles. The van der Waals surface area contributed by atoms with Crippen molar-refractivity contribution in [3.63, 3.8) is 0 Å². The van der Waals surface area contributed by atoms with E-state index in [9.17, 15) is 4.79 Å². The molecule has 0 radical (unpaired) electrons. The summed E-state index contributed by atoms with van der Waals surface area (Å²) in [4.78, 5) is 10.9. The molecule has 0 heterocycles. The number of aliphatic hydroxyl groups is 1. The molecule has 2 N–H and O–H groups in total. The Morgan fingerprint density at radius 1 is 1.42 bits per heavy atom. The fraction of sp³-hybridized carbons (Fsp3) is 0.889. The van der Waals surface area contributed by atoms with Gasteiger partial charge in [0.15, 0.2) is 0 Å². The molecule has 0 aromatic rings. The Kier molecular flexibility index (Phi) is 4.08. The summed E-state index contributed by atoms with van der Waals surface area (Å²) in [5, 5.41) is 11.3. The van der Waals surface area contributed by atoms with Gasteiger partial charge < -0.3 is 10.4 Å². The summed E-state index contributed by atoms with van der Waals surface area (Å²) < 4.78 is 0. The monoisotopic (exact) mass is 171 g/mol. The molecule has 0 spiro atoms. The zero-order chi connectivity index (χ0) is 8.81. The lowest BCUT2D eigenvalue weighted by Gasteiger charge is -2.09. The number of nitrogens with one attached hydrogen (secondary N) is 1. The zero-order valence-corrected chi connectivity index (χ0v) is 7.38. The number of amides is 1. The van der Waals surface area contributed by atoms with Crippen LogP contribution in [0.3, 0.4) is 0 Å². The normalized spacial score (nSPS) is 18.1. The molecule has 1 aliphatic carbocycles. The van der Waals surface area contributed by atoms with Crippen LogP contribution >= 0.6 is 0 Å². The maximum absolute atomic E-state index is 10.9. The van der Waals surface area contributed by atoms with Gasteiger partial charge in [0.1, 0.15) is 0 Å². The van der Waals surface area contributed by atoms with Crippen molar-refractivity contribution in [2.24, 2.45) is 5.92 Å². The summed E-state index contributed by atoms with van der Waals surface area (Å²) in [6.07, 6.45) is 5.35. The van der Waals surface area contributed by atoms with Crippen LogP contribution in [-0.2, 0) is 4.79 Å². The minimum absolute atomic E-state index is 0.0237. The van der Waals surface area contributed by atoms with Crippen molar-refractivity contribution in [2.45, 2.75) is 32.1 Å². The zero-order valence-electron chi connectivity index (χ0n) is 7.38. The number of carbonyl (C=O) groups excluding carboxylic acids is 1. The van der Waals surface area contributed by atoms with Crippen LogP contribution in [0.5, 0.6) is 0 Å². The second-order valence-electron chi connectivity index (χ2n) is 3.43. The fourth-order valence-electron chi connectivity index (χ4n) is 1.66. The molecule has 1 rings (SSSR count). The van der Waals surface area contributed by atoms with E-state index in [1.807, 2.05) is 0 Å². The van der Waals surface area contributed by atoms with Crippen LogP contribution < -0.4 is 5.32 Å². The molecule has 1 fully saturated rings. The van der Waals surface area contributed by atoms with Gasteiger partial charge >= 0.3 is 0 Å². The Bertz CT molecular complexity index is 141. The van der Waals surface area contributed by atoms with Crippen LogP contribution in [0, 0.1) is 5.92 Å². The highest BCUT2D eigenvalue weighted by Gasteiger charge is 2.15. The van der Waals surface area contributed by atoms with Crippen molar-refractivity contribution in [3.05, 3.63) is 0 Å². The van der Waals surface area contributed by atoms with Crippen molar-refractivity contribution in [1.29, 1.82) is 0 Å². The van der Waals surface area contributed by atoms with E-state index in [1.165, 1.54) is 25.7 Å². The third-order valence-corrected chi connectivity index (χ3v) is 2.40. The predicted molar refractivity (Wildman–Crippen MR) is 46.7 cm³/mol. The third-order valence-electron chi connectivity index (χ3n) is 2.40. The molecule has 0 bridgehead atoms. The summed E-state index contributed by atoms with van der Waals surface area (Å²) >= 11 is 0. The SMILES string of the molecule is O=C(CCO)NCC1CCCC1. The Morgan fingerprint density at radius 3 is 2.67 bits per heavy atom. The van der Waals surface area contributed by atoms with Crippen molar-refractivity contribution in [2.75, 3.05) is 13.2 Å². The maximum atomic E-state index is 10.9. The van der Waals surface area contributed by atoms with Gasteiger partial charge in [0.25, 0.3) is 0 Å². The molecule has 1 amide bonds. The summed E-state index contributed by atoms with van der Waals surface area (Å²) in [6, 6.07) is 0. The first-order chi connectivity index (χ1) is 5.83. The Hall–Kier alpha value is -0.570. The lowest BCUT2D eigenvalue weighted by Crippen LogP contribution is -2.28. The Balaban J connectivity index is 2.03. The van der Waals surface area contributed by atoms with Crippen molar-refractivity contribution in [3.8, 4) is 0 Å². The summed E-state index contributed by atoms with van der Waals surface area (Å²) in [5.74, 6) is 0.664. The molecule has 0 aliphatic heterocycles. The van der Waals surface area contributed by atoms with Gasteiger partial charge in [0.05, 0.1) is 6.61 Å². The van der Waals surface area contributed by atoms with E-state index in [4.69, 9.17) is 5.11 Å². The summed E-state index contributed by atoms with van der Waals surface area (Å²) in [6.45, 7) is 0.759. The molecule has 3 heteroatoms. The molecule has 0 saturated heterocycles. The smallest absolute Gasteiger partial charge is 0.222 e. The maximum Gasteiger partial charge on any atom is 0.222 e. The molecule has 0 unspecified atom stereocenters. The Morgan fingerprint density at radius 2 is 2.08 bits per heavy atom. The van der Waals surface area contributed by atoms with E-state index in [0.29, 0.717) is 5.92 Å². The average molecular weight is 171 g/mol. The van der Waals surface area contributed by atoms with Crippen molar-refractivity contribution in [1.82, 2.24) is 5.32 Å². The number of hydrogen-bond donors (Lipinski definition) is 2. The topological polar surface area (TPSA) is 49.3 Å². The standard InChI is InChI=1S/C9H17NO2/c11-6-5-9(12)10-7-8-3-1-2-4-8/h8,11H,1-7H2,(H,10,12). The van der Waals surface area contributed by atoms with Gasteiger partial charge in [-0.05, 0) is 18.8 Å². The first kappa shape index (κ1) is 9.52. The van der Waals surface area contributed by atoms with Gasteiger partial charge in [-0.2, -0.15) is 0 Å². The number of hydrogen-bond acceptors (Lipinski definition) is 2. The molecule has 70 valence electrons. The van der Waals surface area contributed by atoms with Gasteiger partial charge in [-0.15, -0.1) is 0 Å². The second kappa shape index (κ2) is 5.14. The van der Waals surface area contributed by atoms with Gasteiger partial charge in [0, 0.05) is 13.0 Å². The van der Waals surface area contributed by atoms with Crippen molar-refractivity contribution < 1.29 is 9.90 Å². The molecule has 0 aromatic carbocycles. The Labute approximate surface area is 73.2 Å². The fourth-order valence-corrected chi connectivity index (χ4v) is 1.66. The molecule has 1 aliphatic rings. The lowest BCUT2D eigenvalue weighted by atomic mass is 10.1. The molecule has 3 nitrogen and oxygen atoms in total. The van der Waals surface area contributed by atoms with Gasteiger partial charge in [-0.25, -0.2) is 0 Å². The number of aliphatic hydroxyl groups excluding tert-OH is 1. The van der Waals surface area contributed by atoms with Crippen LogP contribution in [0.25, 0.3) is 0 Å². The van der Waals surface area contributed by atoms with Crippen LogP contribution in [0.4, 0.5) is 0 Å². The largest absolute Gasteiger partial charge is 0.396 e. The summed E-state index contributed by atoms with van der Waals surface area (Å²) in [5.41, 5.74) is 0. The highest BCUT2D eigenvalue weighted by Crippen LogP contribution is 2.23. The van der Waals surface area contributed by atoms with Gasteiger partial charge in [-0.1, -0.05) is 12.8 Å². The third kappa shape index (κ3) is 3.22. The molecular weight excluding hydrogens is 154 g/mol. The predicted octanol–water partition coefficient (Wildman–Crippen LogP) is 0.675. The van der Waals surface area contributed by atoms with Crippen LogP contribution in [0.1, 0.15) is 32.1 Å². The molecule has 12 heavy (non-hydrogen) atoms. The van der Waals surface area contributed by atoms with Gasteiger partial charge in [-0.3, -0.25) is 4.79 Å². The van der Waals surface area contributed by atoms with E-state index < -0.39 is 0 Å². The first-order valence-corrected chi connectivity index (χ1v) is 4.70. The van der Waals surface area contributed by atoms with E-state index in [1.54, 1.807) is 0 Å². The van der Waals surface area contributed by atoms with E-state index in [0.717, 1.165) is 6.54 Å². The first-order valence-electron chi connectivity index (χ1n) is 4.70. The van der Waals surface area contributed by atoms with Crippen LogP contribution in [0.2, 0.25) is 0 Å². The second-order valence-corrected chi connectivity index (χ2v) is 3.43. The highest BCUT2D eigenvalue weighted by atomic mass is 16.3. The number of rotatable bonds is 4. The summed E-state index contributed by atoms with van der Waals surface area (Å²) in [7, 11) is 0. The molecule has 1 saturated carbocycles. The minimum atomic E-state index is -0.0451. The molecule has 0 atom stereocenters. The van der Waals surface area contributed by atoms with E-state index >= 15 is 0 Å². The highest BCUT2D eigenvalue weighted by molar-refractivity contribution is 5.75. The molecular formula is C9H17NO2. The van der Waals surface area contributed by atoms with Crippen molar-refractivity contribution >= 4 is 5.91 Å².